The van der Waals surface area contributed by atoms with Crippen LogP contribution in [0.4, 0.5) is 0 Å². The topological polar surface area (TPSA) is 84.9 Å². The summed E-state index contributed by atoms with van der Waals surface area (Å²) in [5.74, 6) is 0.224. The molecule has 1 fully saturated rings. The third-order valence-corrected chi connectivity index (χ3v) is 4.59. The highest BCUT2D eigenvalue weighted by molar-refractivity contribution is 5.94. The normalized spacial score (nSPS) is 24.0. The van der Waals surface area contributed by atoms with Crippen molar-refractivity contribution in [2.24, 2.45) is 11.8 Å². The van der Waals surface area contributed by atoms with Crippen LogP contribution in [0.2, 0.25) is 0 Å². The molecule has 0 radical (unpaired) electrons. The maximum atomic E-state index is 12.7. The molecule has 6 heteroatoms. The lowest BCUT2D eigenvalue weighted by Gasteiger charge is -2.24. The van der Waals surface area contributed by atoms with Crippen molar-refractivity contribution < 1.29 is 24.3 Å². The van der Waals surface area contributed by atoms with E-state index in [1.807, 2.05) is 0 Å². The third-order valence-electron chi connectivity index (χ3n) is 4.59. The van der Waals surface area contributed by atoms with Crippen molar-refractivity contribution in [1.29, 1.82) is 0 Å². The van der Waals surface area contributed by atoms with Gasteiger partial charge in [0.05, 0.1) is 13.2 Å². The molecular formula is C17H21NO5. The zero-order valence-electron chi connectivity index (χ0n) is 12.9. The fourth-order valence-corrected chi connectivity index (χ4v) is 3.28. The van der Waals surface area contributed by atoms with Crippen molar-refractivity contribution in [3.8, 4) is 5.75 Å². The van der Waals surface area contributed by atoms with Crippen LogP contribution < -0.4 is 10.2 Å². The number of nitrogens with one attached hydrogen (secondary N) is 1. The van der Waals surface area contributed by atoms with Gasteiger partial charge in [-0.2, -0.15) is 0 Å². The van der Waals surface area contributed by atoms with E-state index >= 15 is 0 Å². The number of hydrogen-bond donors (Lipinski definition) is 2. The molecule has 1 aromatic rings. The number of carbonyl (C=O) groups is 2. The van der Waals surface area contributed by atoms with E-state index in [0.29, 0.717) is 37.4 Å². The van der Waals surface area contributed by atoms with Gasteiger partial charge in [-0.1, -0.05) is 6.07 Å². The lowest BCUT2D eigenvalue weighted by molar-refractivity contribution is -0.131. The molecular weight excluding hydrogens is 298 g/mol. The minimum Gasteiger partial charge on any atom is -0.493 e. The van der Waals surface area contributed by atoms with Crippen molar-refractivity contribution in [3.63, 3.8) is 0 Å². The Morgan fingerprint density at radius 2 is 2.04 bits per heavy atom. The van der Waals surface area contributed by atoms with Crippen molar-refractivity contribution >= 4 is 11.7 Å². The predicted octanol–water partition coefficient (Wildman–Crippen LogP) is 1.74. The van der Waals surface area contributed by atoms with Gasteiger partial charge in [0.25, 0.3) is 5.91 Å². The van der Waals surface area contributed by atoms with Crippen molar-refractivity contribution in [3.05, 3.63) is 29.3 Å². The van der Waals surface area contributed by atoms with Gasteiger partial charge >= 0.3 is 0 Å². The van der Waals surface area contributed by atoms with Crippen molar-refractivity contribution in [2.45, 2.75) is 25.7 Å². The van der Waals surface area contributed by atoms with Gasteiger partial charge in [-0.25, -0.2) is 5.48 Å². The standard InChI is InChI=1S/C17H21NO5/c19-16(14-2-1-6-22-10-14)12-5-7-23-15-9-13(17(20)18-21)4-3-11(15)8-12/h3-4,9,12,14,21H,1-2,5-8,10H2,(H,18,20)/t12?,14-/m1/s1. The Bertz CT molecular complexity index is 595. The number of amides is 1. The van der Waals surface area contributed by atoms with E-state index in [9.17, 15) is 9.59 Å². The van der Waals surface area contributed by atoms with E-state index < -0.39 is 5.91 Å². The second-order valence-electron chi connectivity index (χ2n) is 6.12. The van der Waals surface area contributed by atoms with E-state index in [1.165, 1.54) is 0 Å². The first-order valence-electron chi connectivity index (χ1n) is 8.00. The molecule has 1 aromatic carbocycles. The second kappa shape index (κ2) is 7.10. The van der Waals surface area contributed by atoms with E-state index in [-0.39, 0.29) is 17.6 Å². The summed E-state index contributed by atoms with van der Waals surface area (Å²) in [6.07, 6.45) is 3.13. The van der Waals surface area contributed by atoms with Crippen LogP contribution in [0, 0.1) is 11.8 Å². The average molecular weight is 319 g/mol. The molecule has 2 aliphatic heterocycles. The van der Waals surface area contributed by atoms with E-state index in [4.69, 9.17) is 14.7 Å². The number of benzene rings is 1. The maximum absolute atomic E-state index is 12.7. The van der Waals surface area contributed by atoms with Gasteiger partial charge in [-0.05, 0) is 43.4 Å². The molecule has 0 spiro atoms. The number of rotatable bonds is 3. The van der Waals surface area contributed by atoms with Gasteiger partial charge in [0, 0.05) is 24.0 Å². The summed E-state index contributed by atoms with van der Waals surface area (Å²) in [5, 5.41) is 8.71. The molecule has 6 nitrogen and oxygen atoms in total. The molecule has 2 heterocycles. The number of hydroxylamine groups is 1. The van der Waals surface area contributed by atoms with Gasteiger partial charge in [-0.15, -0.1) is 0 Å². The number of ketones is 1. The summed E-state index contributed by atoms with van der Waals surface area (Å²) >= 11 is 0. The highest BCUT2D eigenvalue weighted by atomic mass is 16.5. The minimum atomic E-state index is -0.576. The van der Waals surface area contributed by atoms with Crippen molar-refractivity contribution in [1.82, 2.24) is 5.48 Å². The smallest absolute Gasteiger partial charge is 0.274 e. The summed E-state index contributed by atoms with van der Waals surface area (Å²) in [4.78, 5) is 24.2. The molecule has 2 atom stereocenters. The maximum Gasteiger partial charge on any atom is 0.274 e. The van der Waals surface area contributed by atoms with E-state index in [0.717, 1.165) is 25.0 Å². The first-order valence-corrected chi connectivity index (χ1v) is 8.00. The largest absolute Gasteiger partial charge is 0.493 e. The first kappa shape index (κ1) is 16.0. The quantitative estimate of drug-likeness (QED) is 0.655. The highest BCUT2D eigenvalue weighted by Gasteiger charge is 2.31. The molecule has 2 N–H and O–H groups in total. The van der Waals surface area contributed by atoms with Crippen LogP contribution in [0.15, 0.2) is 18.2 Å². The van der Waals surface area contributed by atoms with Gasteiger partial charge in [0.1, 0.15) is 11.5 Å². The van der Waals surface area contributed by atoms with Crippen molar-refractivity contribution in [2.75, 3.05) is 19.8 Å². The SMILES string of the molecule is O=C(NO)c1ccc2c(c1)OCCC(C(=O)[C@@H]1CCCOC1)C2. The molecule has 0 aliphatic carbocycles. The Morgan fingerprint density at radius 1 is 1.17 bits per heavy atom. The summed E-state index contributed by atoms with van der Waals surface area (Å²) < 4.78 is 11.1. The highest BCUT2D eigenvalue weighted by Crippen LogP contribution is 2.31. The van der Waals surface area contributed by atoms with Crippen LogP contribution in [-0.2, 0) is 16.0 Å². The Hall–Kier alpha value is -1.92. The van der Waals surface area contributed by atoms with Crippen LogP contribution >= 0.6 is 0 Å². The lowest BCUT2D eigenvalue weighted by atomic mass is 9.84. The first-order chi connectivity index (χ1) is 11.2. The molecule has 1 amide bonds. The fraction of sp³-hybridized carbons (Fsp3) is 0.529. The Morgan fingerprint density at radius 3 is 2.78 bits per heavy atom. The number of hydrogen-bond acceptors (Lipinski definition) is 5. The monoisotopic (exact) mass is 319 g/mol. The number of Topliss-reactive ketones (excluding diaryl/α,β-unsaturated/α-hetero) is 1. The zero-order valence-corrected chi connectivity index (χ0v) is 12.9. The fourth-order valence-electron chi connectivity index (χ4n) is 3.28. The molecule has 2 aliphatic rings. The molecule has 0 saturated carbocycles. The van der Waals surface area contributed by atoms with Crippen LogP contribution in [0.3, 0.4) is 0 Å². The van der Waals surface area contributed by atoms with Gasteiger partial charge in [-0.3, -0.25) is 14.8 Å². The third kappa shape index (κ3) is 3.54. The minimum absolute atomic E-state index is 0.00487. The molecule has 1 unspecified atom stereocenters. The van der Waals surface area contributed by atoms with Gasteiger partial charge < -0.3 is 9.47 Å². The number of ether oxygens (including phenoxy) is 2. The summed E-state index contributed by atoms with van der Waals surface area (Å²) in [6.45, 7) is 1.72. The van der Waals surface area contributed by atoms with Gasteiger partial charge in [0.2, 0.25) is 0 Å². The lowest BCUT2D eigenvalue weighted by Crippen LogP contribution is -2.31. The molecule has 0 aromatic heterocycles. The van der Waals surface area contributed by atoms with Gasteiger partial charge in [0.15, 0.2) is 0 Å². The zero-order chi connectivity index (χ0) is 16.2. The summed E-state index contributed by atoms with van der Waals surface area (Å²) in [5.41, 5.74) is 2.86. The van der Waals surface area contributed by atoms with Crippen LogP contribution in [-0.4, -0.2) is 36.7 Å². The Balaban J connectivity index is 1.75. The number of fused-ring (bicyclic) bond motifs is 1. The predicted molar refractivity (Wildman–Crippen MR) is 81.6 cm³/mol. The Labute approximate surface area is 134 Å². The average Bonchev–Trinajstić information content (AvgIpc) is 2.82. The van der Waals surface area contributed by atoms with Crippen LogP contribution in [0.25, 0.3) is 0 Å². The molecule has 1 saturated heterocycles. The summed E-state index contributed by atoms with van der Waals surface area (Å²) in [7, 11) is 0. The molecule has 23 heavy (non-hydrogen) atoms. The summed E-state index contributed by atoms with van der Waals surface area (Å²) in [6, 6.07) is 5.03. The molecule has 0 bridgehead atoms. The van der Waals surface area contributed by atoms with E-state index in [2.05, 4.69) is 0 Å². The van der Waals surface area contributed by atoms with Crippen LogP contribution in [0.1, 0.15) is 35.2 Å². The Kier molecular flexibility index (Phi) is 4.93. The second-order valence-corrected chi connectivity index (χ2v) is 6.12. The molecule has 124 valence electrons. The van der Waals surface area contributed by atoms with E-state index in [1.54, 1.807) is 23.7 Å². The number of carbonyl (C=O) groups excluding carboxylic acids is 2. The van der Waals surface area contributed by atoms with Crippen LogP contribution in [0.5, 0.6) is 5.75 Å². The molecule has 3 rings (SSSR count).